The number of amides is 3. The van der Waals surface area contributed by atoms with E-state index in [2.05, 4.69) is 15.3 Å². The zero-order valence-corrected chi connectivity index (χ0v) is 30.8. The normalized spacial score (nSPS) is 18.1. The van der Waals surface area contributed by atoms with Gasteiger partial charge in [-0.05, 0) is 46.5 Å². The zero-order valence-electron chi connectivity index (χ0n) is 30.8. The number of hydrogen-bond acceptors (Lipinski definition) is 11. The summed E-state index contributed by atoms with van der Waals surface area (Å²) in [5.41, 5.74) is 1.08. The van der Waals surface area contributed by atoms with Crippen LogP contribution in [0.5, 0.6) is 23.0 Å². The molecule has 14 heteroatoms. The maximum Gasteiger partial charge on any atom is 0.410 e. The van der Waals surface area contributed by atoms with Gasteiger partial charge in [0.25, 0.3) is 0 Å². The van der Waals surface area contributed by atoms with Crippen molar-refractivity contribution in [3.63, 3.8) is 0 Å². The van der Waals surface area contributed by atoms with Crippen molar-refractivity contribution in [2.45, 2.75) is 104 Å². The highest BCUT2D eigenvalue weighted by Crippen LogP contribution is 2.31. The number of rotatable bonds is 6. The fraction of sp³-hybridized carbons (Fsp3) is 0.649. The third-order valence-corrected chi connectivity index (χ3v) is 9.21. The monoisotopic (exact) mass is 710 g/mol. The van der Waals surface area contributed by atoms with Crippen LogP contribution in [0.3, 0.4) is 0 Å². The van der Waals surface area contributed by atoms with Gasteiger partial charge in [-0.25, -0.2) is 4.79 Å². The molecule has 2 aromatic rings. The number of likely N-dealkylation sites (tertiary alicyclic amines) is 2. The third kappa shape index (κ3) is 11.3. The Kier molecular flexibility index (Phi) is 13.2. The topological polar surface area (TPSA) is 145 Å². The van der Waals surface area contributed by atoms with Gasteiger partial charge in [0.05, 0.1) is 56.8 Å². The molecule has 0 atom stereocenters. The molecular formula is C37H54N6O8. The average Bonchev–Trinajstić information content (AvgIpc) is 3.49. The molecule has 4 aliphatic rings. The van der Waals surface area contributed by atoms with E-state index in [9.17, 15) is 14.4 Å². The number of aromatic nitrogens is 2. The average molecular weight is 711 g/mol. The van der Waals surface area contributed by atoms with Gasteiger partial charge in [0.15, 0.2) is 23.0 Å². The van der Waals surface area contributed by atoms with Gasteiger partial charge < -0.3 is 38.8 Å². The van der Waals surface area contributed by atoms with Crippen molar-refractivity contribution in [3.05, 3.63) is 35.9 Å². The second kappa shape index (κ2) is 17.7. The number of ether oxygens (including phenoxy) is 5. The standard InChI is InChI=1S/C21H31N3O5.C16H23N3O3/c1-15(25)23-8-6-17(7-9-23)24(20(26)29-21(2,3)4)14-16-12-18-19(13-22-16)28-11-5-10-27-18;1-12(20)19-5-3-13(4-6-19)17-10-14-9-15-16(11-18-14)22-8-2-7-21-15/h12-13,17H,5-11,14H2,1-4H3;9,11,13,17H,2-8,10H2,1H3. The lowest BCUT2D eigenvalue weighted by molar-refractivity contribution is -0.131. The van der Waals surface area contributed by atoms with Crippen LogP contribution in [0.4, 0.5) is 4.79 Å². The highest BCUT2D eigenvalue weighted by molar-refractivity contribution is 5.73. The second-order valence-electron chi connectivity index (χ2n) is 14.4. The summed E-state index contributed by atoms with van der Waals surface area (Å²) in [6.45, 7) is 15.3. The van der Waals surface area contributed by atoms with E-state index in [-0.39, 0.29) is 23.9 Å². The molecule has 6 rings (SSSR count). The molecule has 1 N–H and O–H groups in total. The fourth-order valence-electron chi connectivity index (χ4n) is 6.38. The summed E-state index contributed by atoms with van der Waals surface area (Å²) in [5.74, 6) is 3.04. The number of piperidine rings is 2. The minimum absolute atomic E-state index is 0.0155. The molecule has 6 heterocycles. The first-order valence-corrected chi connectivity index (χ1v) is 18.2. The highest BCUT2D eigenvalue weighted by atomic mass is 16.6. The molecule has 0 spiro atoms. The Morgan fingerprint density at radius 3 is 1.75 bits per heavy atom. The Balaban J connectivity index is 0.000000205. The maximum atomic E-state index is 13.0. The van der Waals surface area contributed by atoms with Crippen molar-refractivity contribution in [2.75, 3.05) is 52.6 Å². The van der Waals surface area contributed by atoms with Gasteiger partial charge in [-0.15, -0.1) is 0 Å². The van der Waals surface area contributed by atoms with Gasteiger partial charge in [-0.2, -0.15) is 0 Å². The molecule has 2 saturated heterocycles. The van der Waals surface area contributed by atoms with E-state index >= 15 is 0 Å². The highest BCUT2D eigenvalue weighted by Gasteiger charge is 2.32. The van der Waals surface area contributed by atoms with Crippen molar-refractivity contribution in [1.29, 1.82) is 0 Å². The van der Waals surface area contributed by atoms with Crippen LogP contribution in [0.15, 0.2) is 24.5 Å². The van der Waals surface area contributed by atoms with Crippen molar-refractivity contribution >= 4 is 17.9 Å². The van der Waals surface area contributed by atoms with Crippen LogP contribution >= 0.6 is 0 Å². The number of nitrogens with zero attached hydrogens (tertiary/aromatic N) is 5. The molecule has 14 nitrogen and oxygen atoms in total. The Morgan fingerprint density at radius 1 is 0.765 bits per heavy atom. The van der Waals surface area contributed by atoms with Crippen LogP contribution < -0.4 is 24.3 Å². The largest absolute Gasteiger partial charge is 0.489 e. The quantitative estimate of drug-likeness (QED) is 0.457. The lowest BCUT2D eigenvalue weighted by Gasteiger charge is -2.38. The van der Waals surface area contributed by atoms with Gasteiger partial charge in [0.2, 0.25) is 11.8 Å². The molecular weight excluding hydrogens is 656 g/mol. The fourth-order valence-corrected chi connectivity index (χ4v) is 6.38. The van der Waals surface area contributed by atoms with Crippen LogP contribution in [0.1, 0.15) is 84.5 Å². The van der Waals surface area contributed by atoms with E-state index in [1.54, 1.807) is 31.1 Å². The van der Waals surface area contributed by atoms with E-state index in [0.29, 0.717) is 88.7 Å². The van der Waals surface area contributed by atoms with Gasteiger partial charge in [-0.1, -0.05) is 0 Å². The number of nitrogens with one attached hydrogen (secondary N) is 1. The molecule has 2 aromatic heterocycles. The Hall–Kier alpha value is -4.33. The molecule has 3 amide bonds. The lowest BCUT2D eigenvalue weighted by atomic mass is 10.0. The van der Waals surface area contributed by atoms with Gasteiger partial charge in [0.1, 0.15) is 5.60 Å². The van der Waals surface area contributed by atoms with Crippen LogP contribution in [0, 0.1) is 0 Å². The summed E-state index contributed by atoms with van der Waals surface area (Å²) in [5, 5.41) is 3.52. The summed E-state index contributed by atoms with van der Waals surface area (Å²) in [6.07, 6.45) is 8.16. The lowest BCUT2D eigenvalue weighted by Crippen LogP contribution is -2.49. The van der Waals surface area contributed by atoms with E-state index in [4.69, 9.17) is 23.7 Å². The molecule has 0 bridgehead atoms. The van der Waals surface area contributed by atoms with E-state index < -0.39 is 5.60 Å². The van der Waals surface area contributed by atoms with Crippen LogP contribution in [-0.4, -0.2) is 113 Å². The Bertz CT molecular complexity index is 1480. The van der Waals surface area contributed by atoms with Gasteiger partial charge >= 0.3 is 6.09 Å². The van der Waals surface area contributed by atoms with E-state index in [1.165, 1.54) is 0 Å². The number of pyridine rings is 2. The van der Waals surface area contributed by atoms with E-state index in [0.717, 1.165) is 56.0 Å². The van der Waals surface area contributed by atoms with Gasteiger partial charge in [0, 0.05) is 83.6 Å². The van der Waals surface area contributed by atoms with Crippen LogP contribution in [0.2, 0.25) is 0 Å². The number of carbonyl (C=O) groups is 3. The first-order valence-electron chi connectivity index (χ1n) is 18.2. The summed E-state index contributed by atoms with van der Waals surface area (Å²) >= 11 is 0. The smallest absolute Gasteiger partial charge is 0.410 e. The molecule has 0 aromatic carbocycles. The van der Waals surface area contributed by atoms with Crippen LogP contribution in [0.25, 0.3) is 0 Å². The van der Waals surface area contributed by atoms with Crippen molar-refractivity contribution in [2.24, 2.45) is 0 Å². The summed E-state index contributed by atoms with van der Waals surface area (Å²) in [6, 6.07) is 4.22. The molecule has 280 valence electrons. The molecule has 4 aliphatic heterocycles. The molecule has 0 saturated carbocycles. The molecule has 51 heavy (non-hydrogen) atoms. The van der Waals surface area contributed by atoms with Crippen molar-refractivity contribution in [1.82, 2.24) is 30.0 Å². The maximum absolute atomic E-state index is 13.0. The predicted octanol–water partition coefficient (Wildman–Crippen LogP) is 4.33. The van der Waals surface area contributed by atoms with Gasteiger partial charge in [-0.3, -0.25) is 24.5 Å². The third-order valence-electron chi connectivity index (χ3n) is 9.21. The Labute approximate surface area is 301 Å². The summed E-state index contributed by atoms with van der Waals surface area (Å²) in [4.78, 5) is 50.3. The first-order chi connectivity index (χ1) is 24.4. The first kappa shape index (κ1) is 37.9. The van der Waals surface area contributed by atoms with E-state index in [1.807, 2.05) is 42.7 Å². The SMILES string of the molecule is CC(=O)N1CCC(N(Cc2cc3c(cn2)OCCCO3)C(=O)OC(C)(C)C)CC1.CC(=O)N1CCC(NCc2cc3c(cn2)OCCCO3)CC1. The molecule has 0 unspecified atom stereocenters. The minimum atomic E-state index is -0.590. The number of hydrogen-bond donors (Lipinski definition) is 1. The molecule has 2 fully saturated rings. The minimum Gasteiger partial charge on any atom is -0.489 e. The predicted molar refractivity (Wildman–Crippen MR) is 189 cm³/mol. The Morgan fingerprint density at radius 2 is 1.24 bits per heavy atom. The molecule has 0 aliphatic carbocycles. The summed E-state index contributed by atoms with van der Waals surface area (Å²) < 4.78 is 28.3. The zero-order chi connectivity index (χ0) is 36.4. The summed E-state index contributed by atoms with van der Waals surface area (Å²) in [7, 11) is 0. The number of fused-ring (bicyclic) bond motifs is 2. The second-order valence-corrected chi connectivity index (χ2v) is 14.4. The van der Waals surface area contributed by atoms with Crippen LogP contribution in [-0.2, 0) is 27.4 Å². The number of carbonyl (C=O) groups excluding carboxylic acids is 3. The molecule has 0 radical (unpaired) electrons. The van der Waals surface area contributed by atoms with Crippen molar-refractivity contribution < 1.29 is 38.1 Å². The van der Waals surface area contributed by atoms with Crippen molar-refractivity contribution in [3.8, 4) is 23.0 Å².